The molecule has 5 nitrogen and oxygen atoms in total. The van der Waals surface area contributed by atoms with Gasteiger partial charge < -0.3 is 14.5 Å². The highest BCUT2D eigenvalue weighted by atomic mass is 15.3. The molecule has 0 unspecified atom stereocenters. The van der Waals surface area contributed by atoms with Crippen LogP contribution in [0.5, 0.6) is 0 Å². The molecular weight excluding hydrogens is 250 g/mol. The molecule has 0 radical (unpaired) electrons. The average Bonchev–Trinajstić information content (AvgIpc) is 3.03. The predicted octanol–water partition coefficient (Wildman–Crippen LogP) is 2.20. The molecule has 0 saturated carbocycles. The van der Waals surface area contributed by atoms with Crippen molar-refractivity contribution in [1.82, 2.24) is 24.5 Å². The molecule has 5 heteroatoms. The van der Waals surface area contributed by atoms with Crippen LogP contribution in [0.3, 0.4) is 0 Å². The number of fused-ring (bicyclic) bond motifs is 1. The van der Waals surface area contributed by atoms with Gasteiger partial charge in [-0.2, -0.15) is 0 Å². The van der Waals surface area contributed by atoms with Gasteiger partial charge in [0, 0.05) is 12.2 Å². The van der Waals surface area contributed by atoms with E-state index in [9.17, 15) is 0 Å². The van der Waals surface area contributed by atoms with E-state index in [1.165, 1.54) is 0 Å². The van der Waals surface area contributed by atoms with E-state index < -0.39 is 0 Å². The molecule has 3 aromatic rings. The van der Waals surface area contributed by atoms with E-state index in [1.807, 2.05) is 36.5 Å². The molecule has 3 rings (SSSR count). The molecule has 0 bridgehead atoms. The Bertz CT molecular complexity index is 647. The highest BCUT2D eigenvalue weighted by Crippen LogP contribution is 2.15. The Morgan fingerprint density at radius 2 is 1.90 bits per heavy atom. The minimum Gasteiger partial charge on any atom is -0.324 e. The van der Waals surface area contributed by atoms with E-state index in [-0.39, 0.29) is 0 Å². The summed E-state index contributed by atoms with van der Waals surface area (Å²) in [6.07, 6.45) is 1.97. The number of nitrogens with zero attached hydrogens (tertiary/aromatic N) is 5. The quantitative estimate of drug-likeness (QED) is 0.711. The maximum absolute atomic E-state index is 4.54. The van der Waals surface area contributed by atoms with Gasteiger partial charge in [-0.3, -0.25) is 10.00 Å². The third-order valence-corrected chi connectivity index (χ3v) is 3.44. The molecule has 1 aromatic carbocycles. The monoisotopic (exact) mass is 268 g/mol. The van der Waals surface area contributed by atoms with Gasteiger partial charge in [-0.1, -0.05) is 44.2 Å². The van der Waals surface area contributed by atoms with Gasteiger partial charge in [-0.25, -0.2) is 0 Å². The molecule has 0 N–H and O–H groups in total. The van der Waals surface area contributed by atoms with Crippen molar-refractivity contribution in [1.29, 1.82) is 0 Å². The summed E-state index contributed by atoms with van der Waals surface area (Å²) in [5.74, 6) is 1.40. The molecular formula is C15H18N5-. The summed E-state index contributed by atoms with van der Waals surface area (Å²) in [4.78, 5) is 11.3. The van der Waals surface area contributed by atoms with E-state index >= 15 is 0 Å². The number of benzene rings is 1. The summed E-state index contributed by atoms with van der Waals surface area (Å²) < 4.78 is 1.77. The minimum atomic E-state index is 0.672. The zero-order chi connectivity index (χ0) is 13.9. The van der Waals surface area contributed by atoms with Crippen LogP contribution in [0.25, 0.3) is 17.2 Å². The zero-order valence-corrected chi connectivity index (χ0v) is 11.8. The Morgan fingerprint density at radius 3 is 2.55 bits per heavy atom. The first-order valence-electron chi connectivity index (χ1n) is 6.97. The lowest BCUT2D eigenvalue weighted by atomic mass is 10.2. The number of hydrogen-bond acceptors (Lipinski definition) is 3. The van der Waals surface area contributed by atoms with Crippen LogP contribution in [0.4, 0.5) is 0 Å². The van der Waals surface area contributed by atoms with Crippen molar-refractivity contribution in [2.45, 2.75) is 20.4 Å². The van der Waals surface area contributed by atoms with Crippen LogP contribution in [0, 0.1) is 0 Å². The van der Waals surface area contributed by atoms with Gasteiger partial charge in [-0.05, 0) is 24.8 Å². The summed E-state index contributed by atoms with van der Waals surface area (Å²) in [7, 11) is 0. The molecule has 20 heavy (non-hydrogen) atoms. The summed E-state index contributed by atoms with van der Waals surface area (Å²) in [6.45, 7) is 7.20. The van der Waals surface area contributed by atoms with Crippen LogP contribution < -0.4 is 4.98 Å². The van der Waals surface area contributed by atoms with Crippen LogP contribution in [-0.2, 0) is 6.54 Å². The fraction of sp³-hybridized carbons (Fsp3) is 0.333. The number of hydrogen-bond donors (Lipinski definition) is 0. The largest absolute Gasteiger partial charge is 0.324 e. The van der Waals surface area contributed by atoms with E-state index in [4.69, 9.17) is 0 Å². The third-order valence-electron chi connectivity index (χ3n) is 3.44. The summed E-state index contributed by atoms with van der Waals surface area (Å²) in [6, 6.07) is 9.97. The predicted molar refractivity (Wildman–Crippen MR) is 78.4 cm³/mol. The van der Waals surface area contributed by atoms with Gasteiger partial charge in [0.2, 0.25) is 0 Å². The van der Waals surface area contributed by atoms with Gasteiger partial charge >= 0.3 is 0 Å². The van der Waals surface area contributed by atoms with Gasteiger partial charge in [-0.15, -0.1) is 0 Å². The second-order valence-corrected chi connectivity index (χ2v) is 4.74. The molecule has 0 spiro atoms. The van der Waals surface area contributed by atoms with Crippen LogP contribution in [0.2, 0.25) is 0 Å². The van der Waals surface area contributed by atoms with Crippen LogP contribution in [0.1, 0.15) is 19.5 Å². The van der Waals surface area contributed by atoms with Crippen molar-refractivity contribution in [2.75, 3.05) is 13.1 Å². The molecule has 2 aromatic heterocycles. The molecule has 0 fully saturated rings. The van der Waals surface area contributed by atoms with E-state index in [2.05, 4.69) is 33.8 Å². The third kappa shape index (κ3) is 2.44. The number of imidazole rings is 1. The lowest BCUT2D eigenvalue weighted by Crippen LogP contribution is -2.22. The molecule has 0 saturated heterocycles. The maximum atomic E-state index is 4.54. The molecule has 2 heterocycles. The fourth-order valence-corrected chi connectivity index (χ4v) is 2.24. The second kappa shape index (κ2) is 5.46. The Kier molecular flexibility index (Phi) is 3.52. The van der Waals surface area contributed by atoms with E-state index in [0.717, 1.165) is 36.7 Å². The van der Waals surface area contributed by atoms with Gasteiger partial charge in [0.15, 0.2) is 0 Å². The highest BCUT2D eigenvalue weighted by Gasteiger charge is 2.04. The summed E-state index contributed by atoms with van der Waals surface area (Å²) >= 11 is 0. The Balaban J connectivity index is 1.86. The Morgan fingerprint density at radius 1 is 1.15 bits per heavy atom. The van der Waals surface area contributed by atoms with Crippen molar-refractivity contribution < 1.29 is 0 Å². The first-order valence-corrected chi connectivity index (χ1v) is 6.97. The Hall–Kier alpha value is -2.14. The fourth-order valence-electron chi connectivity index (χ4n) is 2.24. The standard InChI is InChI=1S/C15H18N5/c1-3-19(4-2)10-13-11-20-15(16-13)17-14(18-20)12-8-6-5-7-9-12/h5-9,11H,3-4,10H2,1-2H3/q-1. The van der Waals surface area contributed by atoms with Crippen molar-refractivity contribution in [2.24, 2.45) is 0 Å². The summed E-state index contributed by atoms with van der Waals surface area (Å²) in [5.41, 5.74) is 2.03. The van der Waals surface area contributed by atoms with Crippen molar-refractivity contribution >= 4 is 5.78 Å². The minimum absolute atomic E-state index is 0.672. The molecule has 0 amide bonds. The van der Waals surface area contributed by atoms with Crippen molar-refractivity contribution in [3.8, 4) is 11.4 Å². The van der Waals surface area contributed by atoms with Crippen LogP contribution in [-0.4, -0.2) is 32.6 Å². The van der Waals surface area contributed by atoms with Crippen molar-refractivity contribution in [3.05, 3.63) is 42.2 Å². The van der Waals surface area contributed by atoms with Gasteiger partial charge in [0.25, 0.3) is 0 Å². The molecule has 0 atom stereocenters. The summed E-state index contributed by atoms with van der Waals surface area (Å²) in [5, 5.41) is 4.49. The van der Waals surface area contributed by atoms with Crippen LogP contribution >= 0.6 is 0 Å². The number of rotatable bonds is 5. The van der Waals surface area contributed by atoms with E-state index in [1.54, 1.807) is 4.52 Å². The Labute approximate surface area is 118 Å². The normalized spacial score (nSPS) is 11.6. The lowest BCUT2D eigenvalue weighted by Gasteiger charge is -2.16. The topological polar surface area (TPSA) is 47.5 Å². The highest BCUT2D eigenvalue weighted by molar-refractivity contribution is 5.56. The van der Waals surface area contributed by atoms with Crippen molar-refractivity contribution in [3.63, 3.8) is 0 Å². The van der Waals surface area contributed by atoms with Gasteiger partial charge in [0.05, 0.1) is 11.6 Å². The van der Waals surface area contributed by atoms with Crippen LogP contribution in [0.15, 0.2) is 36.5 Å². The lowest BCUT2D eigenvalue weighted by molar-refractivity contribution is 0.293. The number of aromatic nitrogens is 4. The van der Waals surface area contributed by atoms with E-state index in [0.29, 0.717) is 5.78 Å². The molecule has 104 valence electrons. The molecule has 0 aliphatic rings. The second-order valence-electron chi connectivity index (χ2n) is 4.74. The molecule has 0 aliphatic carbocycles. The SMILES string of the molecule is CCN(CC)Cc1cn2nc(-c3ccccc3)[n-]c2n1. The maximum Gasteiger partial charge on any atom is 0.0848 e. The first-order chi connectivity index (χ1) is 9.80. The first kappa shape index (κ1) is 12.9. The molecule has 0 aliphatic heterocycles. The van der Waals surface area contributed by atoms with Gasteiger partial charge in [0.1, 0.15) is 0 Å². The average molecular weight is 268 g/mol. The zero-order valence-electron chi connectivity index (χ0n) is 11.8. The smallest absolute Gasteiger partial charge is 0.0848 e.